The Morgan fingerprint density at radius 2 is 0.897 bits per heavy atom. The zero-order chi connectivity index (χ0) is 25.8. The Balaban J connectivity index is 1.49. The molecule has 182 valence electrons. The maximum atomic E-state index is 6.62. The zero-order valence-electron chi connectivity index (χ0n) is 21.3. The van der Waals surface area contributed by atoms with Gasteiger partial charge in [-0.1, -0.05) is 133 Å². The lowest BCUT2D eigenvalue weighted by atomic mass is 9.85. The lowest BCUT2D eigenvalue weighted by molar-refractivity contribution is 0.633. The number of rotatable bonds is 3. The Kier molecular flexibility index (Phi) is 4.89. The Labute approximate surface area is 226 Å². The van der Waals surface area contributed by atoms with Crippen LogP contribution >= 0.6 is 0 Å². The molecule has 8 rings (SSSR count). The van der Waals surface area contributed by atoms with Gasteiger partial charge in [-0.3, -0.25) is 0 Å². The Morgan fingerprint density at radius 3 is 1.59 bits per heavy atom. The molecule has 0 aliphatic rings. The minimum atomic E-state index is 0.900. The van der Waals surface area contributed by atoms with Crippen molar-refractivity contribution in [1.82, 2.24) is 0 Å². The second-order valence-electron chi connectivity index (χ2n) is 10.1. The van der Waals surface area contributed by atoms with Gasteiger partial charge in [0, 0.05) is 10.9 Å². The van der Waals surface area contributed by atoms with Gasteiger partial charge in [-0.15, -0.1) is 0 Å². The molecule has 0 saturated carbocycles. The van der Waals surface area contributed by atoms with Gasteiger partial charge in [-0.2, -0.15) is 0 Å². The first kappa shape index (κ1) is 21.9. The SMILES string of the molecule is c1ccc(-c2ccccc2-c2c3ccccc3c(-c3cc4c(ccc5ccccc54)o3)c3ccccc23)cc1. The van der Waals surface area contributed by atoms with E-state index in [4.69, 9.17) is 4.42 Å². The van der Waals surface area contributed by atoms with Gasteiger partial charge in [0.25, 0.3) is 0 Å². The minimum absolute atomic E-state index is 0.900. The maximum absolute atomic E-state index is 6.62. The van der Waals surface area contributed by atoms with Gasteiger partial charge >= 0.3 is 0 Å². The summed E-state index contributed by atoms with van der Waals surface area (Å²) in [5, 5.41) is 8.41. The van der Waals surface area contributed by atoms with Crippen molar-refractivity contribution in [1.29, 1.82) is 0 Å². The van der Waals surface area contributed by atoms with Crippen molar-refractivity contribution in [3.05, 3.63) is 146 Å². The van der Waals surface area contributed by atoms with E-state index in [1.807, 2.05) is 0 Å². The van der Waals surface area contributed by atoms with Crippen LogP contribution in [0.15, 0.2) is 150 Å². The van der Waals surface area contributed by atoms with E-state index in [0.717, 1.165) is 22.3 Å². The van der Waals surface area contributed by atoms with E-state index < -0.39 is 0 Å². The number of hydrogen-bond acceptors (Lipinski definition) is 1. The predicted octanol–water partition coefficient (Wildman–Crippen LogP) is 10.9. The number of hydrogen-bond donors (Lipinski definition) is 0. The standard InChI is InChI=1S/C38H24O/c1-2-12-25(13-3-1)27-15-6-7-17-29(27)37-30-18-8-10-20-32(30)38(33-21-11-9-19-31(33)37)36-24-34-28-16-5-4-14-26(28)22-23-35(34)39-36/h1-24H. The molecule has 1 nitrogen and oxygen atoms in total. The summed E-state index contributed by atoms with van der Waals surface area (Å²) in [5.41, 5.74) is 6.99. The topological polar surface area (TPSA) is 13.1 Å². The monoisotopic (exact) mass is 496 g/mol. The molecule has 1 heteroatoms. The number of fused-ring (bicyclic) bond motifs is 5. The molecule has 0 spiro atoms. The fourth-order valence-corrected chi connectivity index (χ4v) is 6.17. The van der Waals surface area contributed by atoms with Crippen molar-refractivity contribution >= 4 is 43.3 Å². The van der Waals surface area contributed by atoms with Crippen molar-refractivity contribution in [2.24, 2.45) is 0 Å². The molecule has 0 N–H and O–H groups in total. The fraction of sp³-hybridized carbons (Fsp3) is 0. The number of benzene rings is 7. The first-order valence-electron chi connectivity index (χ1n) is 13.4. The smallest absolute Gasteiger partial charge is 0.136 e. The molecule has 0 aliphatic carbocycles. The van der Waals surface area contributed by atoms with Gasteiger partial charge in [-0.25, -0.2) is 0 Å². The van der Waals surface area contributed by atoms with Crippen LogP contribution in [0.4, 0.5) is 0 Å². The zero-order valence-corrected chi connectivity index (χ0v) is 21.3. The van der Waals surface area contributed by atoms with Crippen LogP contribution in [0.2, 0.25) is 0 Å². The summed E-state index contributed by atoms with van der Waals surface area (Å²) in [6.07, 6.45) is 0. The highest BCUT2D eigenvalue weighted by atomic mass is 16.3. The Bertz CT molecular complexity index is 2110. The summed E-state index contributed by atoms with van der Waals surface area (Å²) >= 11 is 0. The predicted molar refractivity (Wildman–Crippen MR) is 165 cm³/mol. The third-order valence-electron chi connectivity index (χ3n) is 7.89. The molecule has 39 heavy (non-hydrogen) atoms. The van der Waals surface area contributed by atoms with Gasteiger partial charge in [0.1, 0.15) is 11.3 Å². The van der Waals surface area contributed by atoms with Gasteiger partial charge in [-0.05, 0) is 66.7 Å². The van der Waals surface area contributed by atoms with Crippen LogP contribution in [0.3, 0.4) is 0 Å². The summed E-state index contributed by atoms with van der Waals surface area (Å²) in [5.74, 6) is 0.900. The van der Waals surface area contributed by atoms with E-state index >= 15 is 0 Å². The molecule has 0 aliphatic heterocycles. The van der Waals surface area contributed by atoms with Crippen LogP contribution in [0.25, 0.3) is 76.9 Å². The third kappa shape index (κ3) is 3.41. The highest BCUT2D eigenvalue weighted by Crippen LogP contribution is 2.47. The highest BCUT2D eigenvalue weighted by Gasteiger charge is 2.20. The molecule has 0 atom stereocenters. The van der Waals surface area contributed by atoms with Crippen LogP contribution in [-0.2, 0) is 0 Å². The van der Waals surface area contributed by atoms with Crippen LogP contribution in [0.1, 0.15) is 0 Å². The van der Waals surface area contributed by atoms with Gasteiger partial charge in [0.15, 0.2) is 0 Å². The van der Waals surface area contributed by atoms with E-state index in [2.05, 4.69) is 146 Å². The molecular weight excluding hydrogens is 472 g/mol. The molecule has 0 fully saturated rings. The molecule has 0 unspecified atom stereocenters. The van der Waals surface area contributed by atoms with Crippen LogP contribution in [0.5, 0.6) is 0 Å². The van der Waals surface area contributed by atoms with E-state index in [1.54, 1.807) is 0 Å². The third-order valence-corrected chi connectivity index (χ3v) is 7.89. The van der Waals surface area contributed by atoms with E-state index in [-0.39, 0.29) is 0 Å². The van der Waals surface area contributed by atoms with Gasteiger partial charge in [0.05, 0.1) is 0 Å². The Morgan fingerprint density at radius 1 is 0.359 bits per heavy atom. The average molecular weight is 497 g/mol. The normalized spacial score (nSPS) is 11.6. The second kappa shape index (κ2) is 8.72. The summed E-state index contributed by atoms with van der Waals surface area (Å²) in [4.78, 5) is 0. The highest BCUT2D eigenvalue weighted by molar-refractivity contribution is 6.22. The van der Waals surface area contributed by atoms with Crippen LogP contribution in [0, 0.1) is 0 Å². The van der Waals surface area contributed by atoms with Crippen molar-refractivity contribution in [3.63, 3.8) is 0 Å². The molecule has 1 aromatic heterocycles. The van der Waals surface area contributed by atoms with Crippen LogP contribution in [-0.4, -0.2) is 0 Å². The molecule has 0 bridgehead atoms. The molecule has 0 radical (unpaired) electrons. The lowest BCUT2D eigenvalue weighted by Gasteiger charge is -2.18. The molecule has 0 amide bonds. The number of furan rings is 1. The largest absolute Gasteiger partial charge is 0.456 e. The second-order valence-corrected chi connectivity index (χ2v) is 10.1. The molecule has 1 heterocycles. The fourth-order valence-electron chi connectivity index (χ4n) is 6.17. The van der Waals surface area contributed by atoms with Crippen molar-refractivity contribution in [2.75, 3.05) is 0 Å². The minimum Gasteiger partial charge on any atom is -0.456 e. The van der Waals surface area contributed by atoms with Gasteiger partial charge < -0.3 is 4.42 Å². The first-order valence-corrected chi connectivity index (χ1v) is 13.4. The quantitative estimate of drug-likeness (QED) is 0.222. The average Bonchev–Trinajstić information content (AvgIpc) is 3.45. The van der Waals surface area contributed by atoms with E-state index in [9.17, 15) is 0 Å². The molecule has 0 saturated heterocycles. The van der Waals surface area contributed by atoms with Crippen molar-refractivity contribution < 1.29 is 4.42 Å². The molecule has 7 aromatic carbocycles. The van der Waals surface area contributed by atoms with E-state index in [0.29, 0.717) is 0 Å². The molecule has 8 aromatic rings. The summed E-state index contributed by atoms with van der Waals surface area (Å²) in [6, 6.07) is 51.9. The summed E-state index contributed by atoms with van der Waals surface area (Å²) in [6.45, 7) is 0. The maximum Gasteiger partial charge on any atom is 0.136 e. The Hall–Kier alpha value is -5.14. The lowest BCUT2D eigenvalue weighted by Crippen LogP contribution is -1.92. The first-order chi connectivity index (χ1) is 19.4. The van der Waals surface area contributed by atoms with Crippen molar-refractivity contribution in [2.45, 2.75) is 0 Å². The molecular formula is C38H24O. The van der Waals surface area contributed by atoms with Gasteiger partial charge in [0.2, 0.25) is 0 Å². The van der Waals surface area contributed by atoms with Crippen LogP contribution < -0.4 is 0 Å². The summed E-state index contributed by atoms with van der Waals surface area (Å²) in [7, 11) is 0. The van der Waals surface area contributed by atoms with Crippen molar-refractivity contribution in [3.8, 4) is 33.6 Å². The van der Waals surface area contributed by atoms with E-state index in [1.165, 1.54) is 54.6 Å². The summed E-state index contributed by atoms with van der Waals surface area (Å²) < 4.78 is 6.62.